The lowest BCUT2D eigenvalue weighted by Crippen LogP contribution is -2.59. The predicted octanol–water partition coefficient (Wildman–Crippen LogP) is 5.52. The molecule has 1 fully saturated rings. The number of likely N-dealkylation sites (tertiary alicyclic amines) is 1. The number of nitrogen functional groups attached to an aromatic ring is 1. The average molecular weight is 473 g/mol. The Morgan fingerprint density at radius 1 is 1.16 bits per heavy atom. The van der Waals surface area contributed by atoms with Gasteiger partial charge in [0.2, 0.25) is 0 Å². The highest BCUT2D eigenvalue weighted by Gasteiger charge is 2.48. The summed E-state index contributed by atoms with van der Waals surface area (Å²) in [7, 11) is 0. The molecule has 2 bridgehead atoms. The van der Waals surface area contributed by atoms with Crippen molar-refractivity contribution in [2.24, 2.45) is 5.92 Å². The first-order valence-corrected chi connectivity index (χ1v) is 10.5. The molecule has 0 radical (unpaired) electrons. The number of hydrogen-bond acceptors (Lipinski definition) is 3. The molecule has 4 rings (SSSR count). The Morgan fingerprint density at radius 2 is 1.81 bits per heavy atom. The maximum absolute atomic E-state index is 13.9. The van der Waals surface area contributed by atoms with Gasteiger partial charge >= 0.3 is 0 Å². The molecule has 0 spiro atoms. The number of fused-ring (bicyclic) bond motifs is 4. The van der Waals surface area contributed by atoms with E-state index in [0.717, 1.165) is 31.6 Å². The van der Waals surface area contributed by atoms with E-state index in [1.54, 1.807) is 0 Å². The van der Waals surface area contributed by atoms with E-state index in [2.05, 4.69) is 30.9 Å². The van der Waals surface area contributed by atoms with Crippen molar-refractivity contribution in [3.63, 3.8) is 0 Å². The van der Waals surface area contributed by atoms with E-state index in [4.69, 9.17) is 10.5 Å². The number of anilines is 1. The first-order valence-electron chi connectivity index (χ1n) is 10.5. The average Bonchev–Trinajstić information content (AvgIpc) is 2.67. The summed E-state index contributed by atoms with van der Waals surface area (Å²) in [6, 6.07) is 10.6. The molecule has 1 heterocycles. The van der Waals surface area contributed by atoms with E-state index >= 15 is 0 Å². The molecular formula is C24H32Cl2F2N2O. The molecule has 31 heavy (non-hydrogen) atoms. The third-order valence-electron chi connectivity index (χ3n) is 7.28. The molecule has 4 atom stereocenters. The van der Waals surface area contributed by atoms with E-state index < -0.39 is 11.6 Å². The Balaban J connectivity index is 0.00000171. The van der Waals surface area contributed by atoms with Crippen molar-refractivity contribution in [1.29, 1.82) is 0 Å². The van der Waals surface area contributed by atoms with Crippen LogP contribution < -0.4 is 5.73 Å². The molecule has 0 aromatic heterocycles. The monoisotopic (exact) mass is 472 g/mol. The van der Waals surface area contributed by atoms with Crippen molar-refractivity contribution in [3.8, 4) is 0 Å². The number of ether oxygens (including phenoxy) is 1. The third kappa shape index (κ3) is 4.70. The van der Waals surface area contributed by atoms with Gasteiger partial charge in [0.15, 0.2) is 0 Å². The molecular weight excluding hydrogens is 441 g/mol. The number of hydrogen-bond donors (Lipinski definition) is 1. The van der Waals surface area contributed by atoms with Crippen molar-refractivity contribution >= 4 is 30.5 Å². The predicted molar refractivity (Wildman–Crippen MR) is 126 cm³/mol. The zero-order valence-corrected chi connectivity index (χ0v) is 19.9. The maximum Gasteiger partial charge on any atom is 0.131 e. The molecule has 0 saturated carbocycles. The van der Waals surface area contributed by atoms with Crippen LogP contribution in [0.5, 0.6) is 0 Å². The van der Waals surface area contributed by atoms with Crippen LogP contribution in [0.25, 0.3) is 0 Å². The zero-order valence-electron chi connectivity index (χ0n) is 18.2. The lowest BCUT2D eigenvalue weighted by atomic mass is 9.59. The topological polar surface area (TPSA) is 38.5 Å². The molecule has 2 N–H and O–H groups in total. The zero-order chi connectivity index (χ0) is 20.8. The smallest absolute Gasteiger partial charge is 0.131 e. The van der Waals surface area contributed by atoms with Crippen LogP contribution in [0.2, 0.25) is 0 Å². The summed E-state index contributed by atoms with van der Waals surface area (Å²) in [5.74, 6) is -0.611. The molecule has 2 aliphatic rings. The first kappa shape index (κ1) is 25.9. The van der Waals surface area contributed by atoms with E-state index in [0.29, 0.717) is 12.0 Å². The Bertz CT molecular complexity index is 893. The minimum absolute atomic E-state index is 0. The van der Waals surface area contributed by atoms with Crippen LogP contribution >= 0.6 is 24.8 Å². The fourth-order valence-electron chi connectivity index (χ4n) is 5.28. The number of nitrogens with two attached hydrogens (primary N) is 1. The van der Waals surface area contributed by atoms with Crippen LogP contribution in [0.3, 0.4) is 0 Å². The molecule has 3 nitrogen and oxygen atoms in total. The molecule has 7 heteroatoms. The van der Waals surface area contributed by atoms with E-state index in [-0.39, 0.29) is 48.5 Å². The van der Waals surface area contributed by atoms with Crippen molar-refractivity contribution < 1.29 is 13.5 Å². The molecule has 2 aromatic rings. The minimum atomic E-state index is -0.557. The third-order valence-corrected chi connectivity index (χ3v) is 7.28. The van der Waals surface area contributed by atoms with Gasteiger partial charge in [0.25, 0.3) is 0 Å². The van der Waals surface area contributed by atoms with Gasteiger partial charge in [-0.25, -0.2) is 8.78 Å². The van der Waals surface area contributed by atoms with Crippen molar-refractivity contribution in [3.05, 3.63) is 64.7 Å². The standard InChI is InChI=1S/C24H30F2N2O.2ClH/c1-15(29-14-18-20(25)7-5-8-21(18)26)13-28-11-10-24(3)16(2)23(28)12-17-19(24)6-4-9-22(17)27;;/h4-9,15-16,23H,10-14,27H2,1-3H3;2*1H. The summed E-state index contributed by atoms with van der Waals surface area (Å²) < 4.78 is 33.6. The Labute approximate surface area is 196 Å². The number of nitrogens with zero attached hydrogens (tertiary/aromatic N) is 1. The van der Waals surface area contributed by atoms with Crippen LogP contribution in [0, 0.1) is 17.6 Å². The normalized spacial score (nSPS) is 25.7. The van der Waals surface area contributed by atoms with Crippen molar-refractivity contribution in [1.82, 2.24) is 4.90 Å². The minimum Gasteiger partial charge on any atom is -0.398 e. The van der Waals surface area contributed by atoms with Crippen molar-refractivity contribution in [2.75, 3.05) is 18.8 Å². The lowest BCUT2D eigenvalue weighted by molar-refractivity contribution is -0.0253. The van der Waals surface area contributed by atoms with Crippen LogP contribution in [-0.2, 0) is 23.2 Å². The summed E-state index contributed by atoms with van der Waals surface area (Å²) in [5, 5.41) is 0. The molecule has 1 aliphatic carbocycles. The molecule has 2 aromatic carbocycles. The molecule has 4 unspecified atom stereocenters. The summed E-state index contributed by atoms with van der Waals surface area (Å²) >= 11 is 0. The second-order valence-corrected chi connectivity index (χ2v) is 8.92. The van der Waals surface area contributed by atoms with Crippen LogP contribution in [-0.4, -0.2) is 30.1 Å². The highest BCUT2D eigenvalue weighted by molar-refractivity contribution is 5.85. The van der Waals surface area contributed by atoms with E-state index in [1.807, 2.05) is 13.0 Å². The van der Waals surface area contributed by atoms with Gasteiger partial charge in [-0.05, 0) is 67.0 Å². The summed E-state index contributed by atoms with van der Waals surface area (Å²) in [6.45, 7) is 8.35. The second-order valence-electron chi connectivity index (χ2n) is 8.92. The van der Waals surface area contributed by atoms with Gasteiger partial charge in [0.05, 0.1) is 12.7 Å². The Kier molecular flexibility index (Phi) is 8.37. The Morgan fingerprint density at radius 3 is 2.48 bits per heavy atom. The largest absolute Gasteiger partial charge is 0.398 e. The molecule has 172 valence electrons. The number of benzene rings is 2. The quantitative estimate of drug-likeness (QED) is 0.582. The maximum atomic E-state index is 13.9. The summed E-state index contributed by atoms with van der Waals surface area (Å²) in [4.78, 5) is 2.48. The first-order chi connectivity index (χ1) is 13.8. The van der Waals surface area contributed by atoms with Crippen LogP contribution in [0.15, 0.2) is 36.4 Å². The highest BCUT2D eigenvalue weighted by atomic mass is 35.5. The van der Waals surface area contributed by atoms with Crippen LogP contribution in [0.4, 0.5) is 14.5 Å². The SMILES string of the molecule is CC(CN1CCC2(C)c3cccc(N)c3CC1C2C)OCc1c(F)cccc1F.Cl.Cl. The fraction of sp³-hybridized carbons (Fsp3) is 0.500. The van der Waals surface area contributed by atoms with E-state index in [9.17, 15) is 8.78 Å². The van der Waals surface area contributed by atoms with Gasteiger partial charge in [0.1, 0.15) is 11.6 Å². The van der Waals surface area contributed by atoms with Gasteiger partial charge in [-0.15, -0.1) is 24.8 Å². The van der Waals surface area contributed by atoms with Gasteiger partial charge in [-0.1, -0.05) is 32.0 Å². The second kappa shape index (κ2) is 10.0. The van der Waals surface area contributed by atoms with Gasteiger partial charge < -0.3 is 10.5 Å². The van der Waals surface area contributed by atoms with E-state index in [1.165, 1.54) is 29.3 Å². The van der Waals surface area contributed by atoms with Gasteiger partial charge in [0, 0.05) is 23.8 Å². The Hall–Kier alpha value is -1.40. The molecule has 1 aliphatic heterocycles. The molecule has 1 saturated heterocycles. The van der Waals surface area contributed by atoms with Crippen LogP contribution in [0.1, 0.15) is 43.9 Å². The molecule has 0 amide bonds. The van der Waals surface area contributed by atoms with Gasteiger partial charge in [-0.2, -0.15) is 0 Å². The number of piperidine rings is 1. The van der Waals surface area contributed by atoms with Crippen molar-refractivity contribution in [2.45, 2.75) is 57.8 Å². The summed E-state index contributed by atoms with van der Waals surface area (Å²) in [6.07, 6.45) is 1.88. The fourth-order valence-corrected chi connectivity index (χ4v) is 5.28. The summed E-state index contributed by atoms with van der Waals surface area (Å²) in [5.41, 5.74) is 10.0. The lowest BCUT2D eigenvalue weighted by Gasteiger charge is -2.55. The number of halogens is 4. The highest BCUT2D eigenvalue weighted by Crippen LogP contribution is 2.49. The van der Waals surface area contributed by atoms with Gasteiger partial charge in [-0.3, -0.25) is 4.90 Å². The number of rotatable bonds is 5.